The Bertz CT molecular complexity index is 741. The Kier molecular flexibility index (Phi) is 5.92. The molecule has 1 aromatic heterocycles. The number of aromatic nitrogens is 1. The topological polar surface area (TPSA) is 50.4 Å². The third kappa shape index (κ3) is 4.43. The standard InChI is InChI=1S/C22H28NO3/c1-3-26-22(24)19-9-6-17(7-10-19)13-18-8-11-20(14-18)16(2)21-5-4-12-23(25)15-21/h4-7,9-10,12,15-16,18,20,25H,3,8,11,13-14H2,1-2H3/q+1/t16-,18?,20-/m0/s1. The van der Waals surface area contributed by atoms with Crippen LogP contribution in [0.5, 0.6) is 0 Å². The molecular weight excluding hydrogens is 326 g/mol. The molecule has 0 radical (unpaired) electrons. The molecule has 0 bridgehead atoms. The highest BCUT2D eigenvalue weighted by Gasteiger charge is 2.30. The van der Waals surface area contributed by atoms with Crippen molar-refractivity contribution < 1.29 is 19.5 Å². The highest BCUT2D eigenvalue weighted by molar-refractivity contribution is 5.89. The van der Waals surface area contributed by atoms with E-state index < -0.39 is 0 Å². The normalized spacial score (nSPS) is 20.7. The molecule has 4 nitrogen and oxygen atoms in total. The van der Waals surface area contributed by atoms with E-state index in [0.717, 1.165) is 11.2 Å². The average Bonchev–Trinajstić information content (AvgIpc) is 3.10. The van der Waals surface area contributed by atoms with Crippen molar-refractivity contribution in [1.29, 1.82) is 0 Å². The monoisotopic (exact) mass is 354 g/mol. The van der Waals surface area contributed by atoms with Crippen molar-refractivity contribution in [1.82, 2.24) is 0 Å². The molecule has 0 saturated heterocycles. The molecule has 1 aromatic carbocycles. The van der Waals surface area contributed by atoms with Gasteiger partial charge in [-0.1, -0.05) is 19.1 Å². The largest absolute Gasteiger partial charge is 0.462 e. The lowest BCUT2D eigenvalue weighted by atomic mass is 9.86. The third-order valence-corrected chi connectivity index (χ3v) is 5.61. The van der Waals surface area contributed by atoms with Crippen molar-refractivity contribution in [3.63, 3.8) is 0 Å². The first-order chi connectivity index (χ1) is 12.6. The number of esters is 1. The molecule has 0 aliphatic heterocycles. The van der Waals surface area contributed by atoms with Crippen LogP contribution in [0.15, 0.2) is 48.8 Å². The van der Waals surface area contributed by atoms with Gasteiger partial charge in [0, 0.05) is 16.4 Å². The molecule has 1 aliphatic rings. The number of ether oxygens (including phenoxy) is 1. The minimum Gasteiger partial charge on any atom is -0.462 e. The molecule has 1 saturated carbocycles. The van der Waals surface area contributed by atoms with Crippen LogP contribution in [0.3, 0.4) is 0 Å². The fourth-order valence-electron chi connectivity index (χ4n) is 4.10. The number of benzene rings is 1. The summed E-state index contributed by atoms with van der Waals surface area (Å²) in [5.74, 6) is 1.53. The highest BCUT2D eigenvalue weighted by Crippen LogP contribution is 2.41. The number of carbonyl (C=O) groups is 1. The molecule has 2 aromatic rings. The van der Waals surface area contributed by atoms with Crippen LogP contribution in [-0.4, -0.2) is 17.8 Å². The van der Waals surface area contributed by atoms with Gasteiger partial charge in [-0.15, -0.1) is 0 Å². The second kappa shape index (κ2) is 8.35. The Hall–Kier alpha value is -2.36. The Morgan fingerprint density at radius 1 is 1.27 bits per heavy atom. The van der Waals surface area contributed by atoms with E-state index in [1.54, 1.807) is 6.20 Å². The van der Waals surface area contributed by atoms with E-state index in [0.29, 0.717) is 29.9 Å². The Balaban J connectivity index is 1.56. The molecule has 1 heterocycles. The van der Waals surface area contributed by atoms with Gasteiger partial charge in [0.15, 0.2) is 0 Å². The molecule has 1 N–H and O–H groups in total. The summed E-state index contributed by atoms with van der Waals surface area (Å²) < 4.78 is 6.18. The van der Waals surface area contributed by atoms with Gasteiger partial charge in [-0.3, -0.25) is 5.21 Å². The van der Waals surface area contributed by atoms with Gasteiger partial charge in [0.1, 0.15) is 0 Å². The summed E-state index contributed by atoms with van der Waals surface area (Å²) in [4.78, 5) is 11.7. The van der Waals surface area contributed by atoms with E-state index in [1.165, 1.54) is 30.4 Å². The first-order valence-electron chi connectivity index (χ1n) is 9.53. The zero-order chi connectivity index (χ0) is 18.5. The van der Waals surface area contributed by atoms with E-state index in [9.17, 15) is 10.0 Å². The molecule has 26 heavy (non-hydrogen) atoms. The molecule has 1 fully saturated rings. The zero-order valence-electron chi connectivity index (χ0n) is 15.6. The quantitative estimate of drug-likeness (QED) is 0.482. The fraction of sp³-hybridized carbons (Fsp3) is 0.455. The number of hydrogen-bond acceptors (Lipinski definition) is 3. The number of hydrogen-bond donors (Lipinski definition) is 1. The second-order valence-electron chi connectivity index (χ2n) is 7.37. The van der Waals surface area contributed by atoms with Crippen LogP contribution in [0.4, 0.5) is 0 Å². The molecule has 3 rings (SSSR count). The van der Waals surface area contributed by atoms with Gasteiger partial charge in [0.2, 0.25) is 12.4 Å². The van der Waals surface area contributed by atoms with Gasteiger partial charge in [-0.05, 0) is 74.1 Å². The number of pyridine rings is 1. The predicted molar refractivity (Wildman–Crippen MR) is 99.2 cm³/mol. The van der Waals surface area contributed by atoms with E-state index in [1.807, 2.05) is 31.3 Å². The van der Waals surface area contributed by atoms with Crippen molar-refractivity contribution in [2.24, 2.45) is 11.8 Å². The maximum absolute atomic E-state index is 11.7. The van der Waals surface area contributed by atoms with Crippen LogP contribution < -0.4 is 4.73 Å². The van der Waals surface area contributed by atoms with E-state index in [-0.39, 0.29) is 5.97 Å². The molecule has 0 spiro atoms. The summed E-state index contributed by atoms with van der Waals surface area (Å²) in [6, 6.07) is 11.8. The van der Waals surface area contributed by atoms with Crippen LogP contribution in [0, 0.1) is 11.8 Å². The first kappa shape index (κ1) is 18.4. The van der Waals surface area contributed by atoms with Crippen molar-refractivity contribution in [2.75, 3.05) is 6.61 Å². The molecule has 138 valence electrons. The zero-order valence-corrected chi connectivity index (χ0v) is 15.6. The minimum absolute atomic E-state index is 0.252. The predicted octanol–water partition coefficient (Wildman–Crippen LogP) is 4.15. The molecule has 1 unspecified atom stereocenters. The van der Waals surface area contributed by atoms with Crippen LogP contribution in [0.2, 0.25) is 0 Å². The Morgan fingerprint density at radius 2 is 2.04 bits per heavy atom. The lowest BCUT2D eigenvalue weighted by Gasteiger charge is -2.18. The fourth-order valence-corrected chi connectivity index (χ4v) is 4.10. The minimum atomic E-state index is -0.252. The number of rotatable bonds is 6. The number of nitrogens with zero attached hydrogens (tertiary/aromatic N) is 1. The summed E-state index contributed by atoms with van der Waals surface area (Å²) in [6.45, 7) is 4.48. The summed E-state index contributed by atoms with van der Waals surface area (Å²) in [7, 11) is 0. The van der Waals surface area contributed by atoms with Gasteiger partial charge in [-0.2, -0.15) is 0 Å². The second-order valence-corrected chi connectivity index (χ2v) is 7.37. The van der Waals surface area contributed by atoms with Crippen LogP contribution in [0.1, 0.15) is 60.5 Å². The third-order valence-electron chi connectivity index (χ3n) is 5.61. The van der Waals surface area contributed by atoms with Crippen molar-refractivity contribution >= 4 is 5.97 Å². The first-order valence-corrected chi connectivity index (χ1v) is 9.53. The van der Waals surface area contributed by atoms with Gasteiger partial charge < -0.3 is 4.74 Å². The van der Waals surface area contributed by atoms with Crippen molar-refractivity contribution in [3.8, 4) is 0 Å². The summed E-state index contributed by atoms with van der Waals surface area (Å²) in [5.41, 5.74) is 3.10. The summed E-state index contributed by atoms with van der Waals surface area (Å²) in [6.07, 6.45) is 8.19. The lowest BCUT2D eigenvalue weighted by molar-refractivity contribution is -0.905. The van der Waals surface area contributed by atoms with Gasteiger partial charge in [0.25, 0.3) is 0 Å². The van der Waals surface area contributed by atoms with Crippen LogP contribution >= 0.6 is 0 Å². The SMILES string of the molecule is CCOC(=O)c1ccc(CC2CC[C@H]([C@H](C)c3ccc[n+](O)c3)C2)cc1. The van der Waals surface area contributed by atoms with Gasteiger partial charge >= 0.3 is 5.97 Å². The van der Waals surface area contributed by atoms with Gasteiger partial charge in [0.05, 0.1) is 12.2 Å². The maximum atomic E-state index is 11.7. The van der Waals surface area contributed by atoms with E-state index in [4.69, 9.17) is 4.74 Å². The molecule has 3 atom stereocenters. The highest BCUT2D eigenvalue weighted by atomic mass is 16.5. The van der Waals surface area contributed by atoms with Crippen LogP contribution in [-0.2, 0) is 11.2 Å². The molecular formula is C22H28NO3+. The van der Waals surface area contributed by atoms with E-state index in [2.05, 4.69) is 25.1 Å². The van der Waals surface area contributed by atoms with Crippen LogP contribution in [0.25, 0.3) is 0 Å². The summed E-state index contributed by atoms with van der Waals surface area (Å²) in [5, 5.41) is 9.63. The van der Waals surface area contributed by atoms with Gasteiger partial charge in [-0.25, -0.2) is 4.79 Å². The molecule has 4 heteroatoms. The lowest BCUT2D eigenvalue weighted by Crippen LogP contribution is -2.29. The maximum Gasteiger partial charge on any atom is 0.338 e. The van der Waals surface area contributed by atoms with Crippen molar-refractivity contribution in [2.45, 2.75) is 45.4 Å². The summed E-state index contributed by atoms with van der Waals surface area (Å²) >= 11 is 0. The Labute approximate surface area is 155 Å². The van der Waals surface area contributed by atoms with E-state index >= 15 is 0 Å². The van der Waals surface area contributed by atoms with Crippen molar-refractivity contribution in [3.05, 3.63) is 65.5 Å². The smallest absolute Gasteiger partial charge is 0.338 e. The molecule has 1 aliphatic carbocycles. The Morgan fingerprint density at radius 3 is 2.73 bits per heavy atom. The molecule has 0 amide bonds. The average molecular weight is 354 g/mol. The number of carbonyl (C=O) groups excluding carboxylic acids is 1.